The number of amides is 2. The summed E-state index contributed by atoms with van der Waals surface area (Å²) in [7, 11) is 1.59. The average Bonchev–Trinajstić information content (AvgIpc) is 3.06. The topological polar surface area (TPSA) is 67.9 Å². The molecule has 0 unspecified atom stereocenters. The van der Waals surface area contributed by atoms with Crippen molar-refractivity contribution < 1.29 is 19.1 Å². The number of rotatable bonds is 6. The van der Waals surface area contributed by atoms with Gasteiger partial charge in [-0.2, -0.15) is 0 Å². The molecule has 0 spiro atoms. The Labute approximate surface area is 159 Å². The second-order valence-corrected chi connectivity index (χ2v) is 6.37. The molecular weight excluding hydrogens is 344 g/mol. The summed E-state index contributed by atoms with van der Waals surface area (Å²) in [5.74, 6) is 0.990. The van der Waals surface area contributed by atoms with Crippen LogP contribution in [0.3, 0.4) is 0 Å². The first-order valence-corrected chi connectivity index (χ1v) is 9.00. The van der Waals surface area contributed by atoms with Gasteiger partial charge in [-0.15, -0.1) is 0 Å². The SMILES string of the molecule is CCOc1cc(CNC(=O)[C@H]2Cc3ccccc3N2C(C)=O)ccc1OC. The largest absolute Gasteiger partial charge is 0.493 e. The summed E-state index contributed by atoms with van der Waals surface area (Å²) in [5.41, 5.74) is 2.72. The van der Waals surface area contributed by atoms with Crippen LogP contribution in [0, 0.1) is 0 Å². The maximum Gasteiger partial charge on any atom is 0.243 e. The number of carbonyl (C=O) groups excluding carboxylic acids is 2. The first kappa shape index (κ1) is 18.8. The van der Waals surface area contributed by atoms with Crippen LogP contribution in [-0.2, 0) is 22.6 Å². The minimum atomic E-state index is -0.524. The molecule has 0 bridgehead atoms. The van der Waals surface area contributed by atoms with E-state index in [9.17, 15) is 9.59 Å². The number of fused-ring (bicyclic) bond motifs is 1. The van der Waals surface area contributed by atoms with Crippen molar-refractivity contribution in [3.8, 4) is 11.5 Å². The number of hydrogen-bond donors (Lipinski definition) is 1. The first-order valence-electron chi connectivity index (χ1n) is 9.00. The fourth-order valence-electron chi connectivity index (χ4n) is 3.39. The van der Waals surface area contributed by atoms with E-state index >= 15 is 0 Å². The maximum absolute atomic E-state index is 12.8. The van der Waals surface area contributed by atoms with Crippen molar-refractivity contribution >= 4 is 17.5 Å². The Morgan fingerprint density at radius 3 is 2.67 bits per heavy atom. The molecule has 1 atom stereocenters. The quantitative estimate of drug-likeness (QED) is 0.851. The van der Waals surface area contributed by atoms with Gasteiger partial charge < -0.3 is 14.8 Å². The van der Waals surface area contributed by atoms with E-state index in [1.54, 1.807) is 12.0 Å². The molecular formula is C21H24N2O4. The molecule has 1 heterocycles. The smallest absolute Gasteiger partial charge is 0.243 e. The van der Waals surface area contributed by atoms with Gasteiger partial charge in [0.25, 0.3) is 0 Å². The Morgan fingerprint density at radius 2 is 1.96 bits per heavy atom. The highest BCUT2D eigenvalue weighted by Gasteiger charge is 2.36. The van der Waals surface area contributed by atoms with Crippen LogP contribution in [0.4, 0.5) is 5.69 Å². The van der Waals surface area contributed by atoms with E-state index < -0.39 is 6.04 Å². The Balaban J connectivity index is 1.71. The number of nitrogens with one attached hydrogen (secondary N) is 1. The summed E-state index contributed by atoms with van der Waals surface area (Å²) in [6.07, 6.45) is 0.522. The van der Waals surface area contributed by atoms with Gasteiger partial charge >= 0.3 is 0 Å². The summed E-state index contributed by atoms with van der Waals surface area (Å²) >= 11 is 0. The molecule has 3 rings (SSSR count). The minimum Gasteiger partial charge on any atom is -0.493 e. The maximum atomic E-state index is 12.8. The molecule has 0 saturated carbocycles. The van der Waals surface area contributed by atoms with Gasteiger partial charge in [-0.3, -0.25) is 14.5 Å². The fourth-order valence-corrected chi connectivity index (χ4v) is 3.39. The van der Waals surface area contributed by atoms with Crippen molar-refractivity contribution in [2.24, 2.45) is 0 Å². The molecule has 1 N–H and O–H groups in total. The van der Waals surface area contributed by atoms with Crippen molar-refractivity contribution in [1.82, 2.24) is 5.32 Å². The Morgan fingerprint density at radius 1 is 1.19 bits per heavy atom. The van der Waals surface area contributed by atoms with Gasteiger partial charge in [0.05, 0.1) is 13.7 Å². The molecule has 6 heteroatoms. The van der Waals surface area contributed by atoms with Crippen LogP contribution in [0.15, 0.2) is 42.5 Å². The fraction of sp³-hybridized carbons (Fsp3) is 0.333. The molecule has 1 aliphatic heterocycles. The van der Waals surface area contributed by atoms with Gasteiger partial charge in [0, 0.05) is 25.6 Å². The lowest BCUT2D eigenvalue weighted by Crippen LogP contribution is -2.47. The van der Waals surface area contributed by atoms with Crippen LogP contribution in [0.1, 0.15) is 25.0 Å². The molecule has 0 aromatic heterocycles. The van der Waals surface area contributed by atoms with Crippen molar-refractivity contribution in [2.75, 3.05) is 18.6 Å². The predicted molar refractivity (Wildman–Crippen MR) is 103 cm³/mol. The molecule has 0 saturated heterocycles. The number of ether oxygens (including phenoxy) is 2. The Kier molecular flexibility index (Phi) is 5.64. The molecule has 0 radical (unpaired) electrons. The van der Waals surface area contributed by atoms with E-state index in [0.717, 1.165) is 16.8 Å². The molecule has 142 valence electrons. The van der Waals surface area contributed by atoms with Crippen LogP contribution in [0.2, 0.25) is 0 Å². The second kappa shape index (κ2) is 8.12. The summed E-state index contributed by atoms with van der Waals surface area (Å²) in [6, 6.07) is 12.7. The van der Waals surface area contributed by atoms with Gasteiger partial charge in [0.1, 0.15) is 6.04 Å². The monoisotopic (exact) mass is 368 g/mol. The van der Waals surface area contributed by atoms with Gasteiger partial charge in [0.15, 0.2) is 11.5 Å². The van der Waals surface area contributed by atoms with Crippen molar-refractivity contribution in [2.45, 2.75) is 32.9 Å². The summed E-state index contributed by atoms with van der Waals surface area (Å²) in [6.45, 7) is 4.27. The molecule has 0 fully saturated rings. The van der Waals surface area contributed by atoms with Crippen molar-refractivity contribution in [3.63, 3.8) is 0 Å². The zero-order valence-corrected chi connectivity index (χ0v) is 15.8. The molecule has 2 aromatic carbocycles. The number of methoxy groups -OCH3 is 1. The molecule has 0 aliphatic carbocycles. The zero-order chi connectivity index (χ0) is 19.4. The first-order chi connectivity index (χ1) is 13.0. The van der Waals surface area contributed by atoms with Gasteiger partial charge in [-0.1, -0.05) is 24.3 Å². The third-order valence-electron chi connectivity index (χ3n) is 4.61. The number of anilines is 1. The lowest BCUT2D eigenvalue weighted by atomic mass is 10.1. The molecule has 2 aromatic rings. The average molecular weight is 368 g/mol. The van der Waals surface area contributed by atoms with E-state index in [-0.39, 0.29) is 11.8 Å². The lowest BCUT2D eigenvalue weighted by molar-refractivity contribution is -0.125. The predicted octanol–water partition coefficient (Wildman–Crippen LogP) is 2.69. The summed E-state index contributed by atoms with van der Waals surface area (Å²) < 4.78 is 10.9. The highest BCUT2D eigenvalue weighted by atomic mass is 16.5. The Hall–Kier alpha value is -3.02. The normalized spacial score (nSPS) is 15.2. The van der Waals surface area contributed by atoms with Crippen LogP contribution in [-0.4, -0.2) is 31.6 Å². The summed E-state index contributed by atoms with van der Waals surface area (Å²) in [4.78, 5) is 26.4. The number of nitrogens with zero attached hydrogens (tertiary/aromatic N) is 1. The lowest BCUT2D eigenvalue weighted by Gasteiger charge is -2.23. The standard InChI is InChI=1S/C21H24N2O4/c1-4-27-20-11-15(9-10-19(20)26-3)13-22-21(25)18-12-16-7-5-6-8-17(16)23(18)14(2)24/h5-11,18H,4,12-13H2,1-3H3,(H,22,25)/t18-/m1/s1. The number of benzene rings is 2. The Bertz CT molecular complexity index is 850. The van der Waals surface area contributed by atoms with Crippen LogP contribution in [0.25, 0.3) is 0 Å². The number of carbonyl (C=O) groups is 2. The highest BCUT2D eigenvalue weighted by Crippen LogP contribution is 2.32. The second-order valence-electron chi connectivity index (χ2n) is 6.37. The van der Waals surface area contributed by atoms with Crippen molar-refractivity contribution in [1.29, 1.82) is 0 Å². The van der Waals surface area contributed by atoms with Crippen molar-refractivity contribution in [3.05, 3.63) is 53.6 Å². The van der Waals surface area contributed by atoms with E-state index in [1.807, 2.05) is 49.4 Å². The third-order valence-corrected chi connectivity index (χ3v) is 4.61. The van der Waals surface area contributed by atoms with Gasteiger partial charge in [0.2, 0.25) is 11.8 Å². The van der Waals surface area contributed by atoms with E-state index in [2.05, 4.69) is 5.32 Å². The minimum absolute atomic E-state index is 0.136. The van der Waals surface area contributed by atoms with E-state index in [0.29, 0.717) is 31.1 Å². The van der Waals surface area contributed by atoms with E-state index in [4.69, 9.17) is 9.47 Å². The number of hydrogen-bond acceptors (Lipinski definition) is 4. The third kappa shape index (κ3) is 3.89. The summed E-state index contributed by atoms with van der Waals surface area (Å²) in [5, 5.41) is 2.94. The zero-order valence-electron chi connectivity index (χ0n) is 15.8. The highest BCUT2D eigenvalue weighted by molar-refractivity contribution is 6.02. The van der Waals surface area contributed by atoms with Gasteiger partial charge in [-0.05, 0) is 36.2 Å². The van der Waals surface area contributed by atoms with E-state index in [1.165, 1.54) is 6.92 Å². The molecule has 2 amide bonds. The number of para-hydroxylation sites is 1. The van der Waals surface area contributed by atoms with Crippen LogP contribution < -0.4 is 19.7 Å². The van der Waals surface area contributed by atoms with Crippen LogP contribution >= 0.6 is 0 Å². The molecule has 1 aliphatic rings. The molecule has 27 heavy (non-hydrogen) atoms. The van der Waals surface area contributed by atoms with Gasteiger partial charge in [-0.25, -0.2) is 0 Å². The van der Waals surface area contributed by atoms with Crippen LogP contribution in [0.5, 0.6) is 11.5 Å². The molecule has 6 nitrogen and oxygen atoms in total.